The second-order valence-corrected chi connectivity index (χ2v) is 6.88. The van der Waals surface area contributed by atoms with E-state index < -0.39 is 5.91 Å². The lowest BCUT2D eigenvalue weighted by atomic mass is 10.1. The third-order valence-electron chi connectivity index (χ3n) is 4.28. The molecule has 0 spiro atoms. The van der Waals surface area contributed by atoms with Crippen LogP contribution in [0.5, 0.6) is 0 Å². The van der Waals surface area contributed by atoms with E-state index in [0.717, 1.165) is 29.5 Å². The number of nitrogens with two attached hydrogens (primary N) is 1. The molecule has 0 aliphatic carbocycles. The molecule has 22 heavy (non-hydrogen) atoms. The van der Waals surface area contributed by atoms with E-state index >= 15 is 0 Å². The van der Waals surface area contributed by atoms with Gasteiger partial charge in [-0.05, 0) is 43.6 Å². The Morgan fingerprint density at radius 2 is 2.41 bits per heavy atom. The van der Waals surface area contributed by atoms with Gasteiger partial charge in [0.2, 0.25) is 0 Å². The summed E-state index contributed by atoms with van der Waals surface area (Å²) in [6, 6.07) is 6.45. The molecule has 1 unspecified atom stereocenters. The summed E-state index contributed by atoms with van der Waals surface area (Å²) in [6.07, 6.45) is 1.24. The highest BCUT2D eigenvalue weighted by atomic mass is 32.1. The van der Waals surface area contributed by atoms with Crippen LogP contribution in [0.2, 0.25) is 0 Å². The van der Waals surface area contributed by atoms with Crippen LogP contribution in [0.4, 0.5) is 5.13 Å². The number of hydrogen-bond acceptors (Lipinski definition) is 5. The number of likely N-dealkylation sites (tertiary alicyclic amines) is 1. The summed E-state index contributed by atoms with van der Waals surface area (Å²) >= 11 is 1.59. The smallest absolute Gasteiger partial charge is 0.250 e. The lowest BCUT2D eigenvalue weighted by molar-refractivity contribution is 0.100. The summed E-state index contributed by atoms with van der Waals surface area (Å²) in [6.45, 7) is 6.67. The van der Waals surface area contributed by atoms with E-state index in [1.54, 1.807) is 17.4 Å². The van der Waals surface area contributed by atoms with Gasteiger partial charge in [-0.3, -0.25) is 4.79 Å². The summed E-state index contributed by atoms with van der Waals surface area (Å²) in [5.74, 6) is 0.231. The number of carbonyl (C=O) groups is 1. The molecule has 2 N–H and O–H groups in total. The summed E-state index contributed by atoms with van der Waals surface area (Å²) in [5.41, 5.74) is 6.56. The Morgan fingerprint density at radius 1 is 1.59 bits per heavy atom. The van der Waals surface area contributed by atoms with Crippen LogP contribution >= 0.6 is 11.3 Å². The first-order valence-corrected chi connectivity index (χ1v) is 8.44. The fourth-order valence-corrected chi connectivity index (χ4v) is 3.99. The Labute approximate surface area is 134 Å². The zero-order chi connectivity index (χ0) is 15.7. The van der Waals surface area contributed by atoms with Gasteiger partial charge in [-0.15, -0.1) is 0 Å². The fourth-order valence-electron chi connectivity index (χ4n) is 3.05. The van der Waals surface area contributed by atoms with Gasteiger partial charge < -0.3 is 15.5 Å². The van der Waals surface area contributed by atoms with E-state index in [0.29, 0.717) is 17.0 Å². The Kier molecular flexibility index (Phi) is 4.31. The molecule has 1 atom stereocenters. The first-order valence-electron chi connectivity index (χ1n) is 7.62. The lowest BCUT2D eigenvalue weighted by Crippen LogP contribution is -2.28. The van der Waals surface area contributed by atoms with E-state index in [1.165, 1.54) is 13.0 Å². The molecular formula is C16H21N4OS. The van der Waals surface area contributed by atoms with Gasteiger partial charge in [0.15, 0.2) is 5.13 Å². The van der Waals surface area contributed by atoms with E-state index in [2.05, 4.69) is 34.8 Å². The number of aromatic nitrogens is 1. The molecule has 1 fully saturated rings. The molecule has 1 aliphatic rings. The van der Waals surface area contributed by atoms with Crippen LogP contribution in [-0.2, 0) is 0 Å². The minimum atomic E-state index is -0.448. The second-order valence-electron chi connectivity index (χ2n) is 5.87. The highest BCUT2D eigenvalue weighted by Gasteiger charge is 2.23. The van der Waals surface area contributed by atoms with Crippen LogP contribution in [0.1, 0.15) is 23.7 Å². The number of amides is 1. The predicted molar refractivity (Wildman–Crippen MR) is 90.5 cm³/mol. The van der Waals surface area contributed by atoms with Crippen molar-refractivity contribution in [3.63, 3.8) is 0 Å². The Morgan fingerprint density at radius 3 is 3.09 bits per heavy atom. The van der Waals surface area contributed by atoms with Crippen molar-refractivity contribution in [1.29, 1.82) is 0 Å². The number of rotatable bonds is 5. The zero-order valence-corrected chi connectivity index (χ0v) is 13.8. The van der Waals surface area contributed by atoms with Gasteiger partial charge >= 0.3 is 0 Å². The van der Waals surface area contributed by atoms with E-state index in [-0.39, 0.29) is 0 Å². The number of anilines is 1. The van der Waals surface area contributed by atoms with Gasteiger partial charge in [-0.1, -0.05) is 18.3 Å². The number of primary amides is 1. The van der Waals surface area contributed by atoms with Crippen LogP contribution in [0.15, 0.2) is 12.1 Å². The SMILES string of the molecule is CCN1CCC(CN(C)c2nc3c(C(N)=O)c[c]cc3s2)C1. The maximum Gasteiger partial charge on any atom is 0.250 e. The Bertz CT molecular complexity index is 684. The van der Waals surface area contributed by atoms with Crippen molar-refractivity contribution >= 4 is 32.6 Å². The van der Waals surface area contributed by atoms with Crippen molar-refractivity contribution in [2.45, 2.75) is 13.3 Å². The molecule has 1 amide bonds. The van der Waals surface area contributed by atoms with Crippen molar-refractivity contribution in [3.8, 4) is 0 Å². The molecule has 0 saturated carbocycles. The molecule has 1 aromatic carbocycles. The standard InChI is InChI=1S/C16H21N4OS/c1-3-20-8-7-11(10-20)9-19(2)16-18-14-12(15(17)21)5-4-6-13(14)22-16/h5-6,11H,3,7-10H2,1-2H3,(H2,17,21). The average molecular weight is 317 g/mol. The number of benzene rings is 1. The molecule has 3 rings (SSSR count). The molecule has 1 aromatic heterocycles. The van der Waals surface area contributed by atoms with Gasteiger partial charge in [-0.25, -0.2) is 4.98 Å². The molecule has 2 aromatic rings. The second kappa shape index (κ2) is 6.22. The normalized spacial score (nSPS) is 18.9. The zero-order valence-electron chi connectivity index (χ0n) is 13.0. The van der Waals surface area contributed by atoms with E-state index in [9.17, 15) is 4.79 Å². The molecule has 6 heteroatoms. The topological polar surface area (TPSA) is 62.5 Å². The number of fused-ring (bicyclic) bond motifs is 1. The van der Waals surface area contributed by atoms with Gasteiger partial charge in [0.1, 0.15) is 0 Å². The number of carbonyl (C=O) groups excluding carboxylic acids is 1. The summed E-state index contributed by atoms with van der Waals surface area (Å²) < 4.78 is 0.958. The predicted octanol–water partition coefficient (Wildman–Crippen LogP) is 1.97. The van der Waals surface area contributed by atoms with Crippen molar-refractivity contribution in [3.05, 3.63) is 23.8 Å². The minimum absolute atomic E-state index is 0.448. The van der Waals surface area contributed by atoms with Crippen LogP contribution in [0.3, 0.4) is 0 Å². The van der Waals surface area contributed by atoms with Crippen LogP contribution in [-0.4, -0.2) is 49.0 Å². The summed E-state index contributed by atoms with van der Waals surface area (Å²) in [5, 5.41) is 0.937. The first-order chi connectivity index (χ1) is 10.6. The molecule has 5 nitrogen and oxygen atoms in total. The minimum Gasteiger partial charge on any atom is -0.366 e. The van der Waals surface area contributed by atoms with Crippen molar-refractivity contribution in [2.24, 2.45) is 11.7 Å². The van der Waals surface area contributed by atoms with E-state index in [1.807, 2.05) is 6.07 Å². The first kappa shape index (κ1) is 15.2. The Hall–Kier alpha value is -1.66. The summed E-state index contributed by atoms with van der Waals surface area (Å²) in [4.78, 5) is 20.8. The fraction of sp³-hybridized carbons (Fsp3) is 0.500. The summed E-state index contributed by atoms with van der Waals surface area (Å²) in [7, 11) is 2.07. The molecule has 1 saturated heterocycles. The van der Waals surface area contributed by atoms with Crippen molar-refractivity contribution in [2.75, 3.05) is 38.1 Å². The maximum atomic E-state index is 11.5. The molecular weight excluding hydrogens is 296 g/mol. The number of nitrogens with zero attached hydrogens (tertiary/aromatic N) is 3. The lowest BCUT2D eigenvalue weighted by Gasteiger charge is -2.20. The van der Waals surface area contributed by atoms with Crippen LogP contribution < -0.4 is 10.6 Å². The van der Waals surface area contributed by atoms with Gasteiger partial charge in [-0.2, -0.15) is 0 Å². The van der Waals surface area contributed by atoms with Crippen molar-refractivity contribution in [1.82, 2.24) is 9.88 Å². The maximum absolute atomic E-state index is 11.5. The third-order valence-corrected chi connectivity index (χ3v) is 5.40. The van der Waals surface area contributed by atoms with Crippen molar-refractivity contribution < 1.29 is 4.79 Å². The number of hydrogen-bond donors (Lipinski definition) is 1. The van der Waals surface area contributed by atoms with E-state index in [4.69, 9.17) is 5.73 Å². The molecule has 0 bridgehead atoms. The van der Waals surface area contributed by atoms with Gasteiger partial charge in [0, 0.05) is 20.1 Å². The Balaban J connectivity index is 1.78. The highest BCUT2D eigenvalue weighted by Crippen LogP contribution is 2.31. The largest absolute Gasteiger partial charge is 0.366 e. The van der Waals surface area contributed by atoms with Crippen LogP contribution in [0, 0.1) is 12.0 Å². The van der Waals surface area contributed by atoms with Crippen LogP contribution in [0.25, 0.3) is 10.2 Å². The quantitative estimate of drug-likeness (QED) is 0.916. The molecule has 117 valence electrons. The highest BCUT2D eigenvalue weighted by molar-refractivity contribution is 7.22. The average Bonchev–Trinajstić information content (AvgIpc) is 3.12. The molecule has 2 heterocycles. The molecule has 1 aliphatic heterocycles. The molecule has 1 radical (unpaired) electrons. The monoisotopic (exact) mass is 317 g/mol. The third kappa shape index (κ3) is 2.94. The van der Waals surface area contributed by atoms with Gasteiger partial charge in [0.25, 0.3) is 5.91 Å². The van der Waals surface area contributed by atoms with Gasteiger partial charge in [0.05, 0.1) is 15.8 Å². The number of thiazole rings is 1.